The summed E-state index contributed by atoms with van der Waals surface area (Å²) in [7, 11) is 3.89. The fourth-order valence-electron chi connectivity index (χ4n) is 3.90. The van der Waals surface area contributed by atoms with Gasteiger partial charge in [-0.3, -0.25) is 14.6 Å². The number of hydrogen-bond donors (Lipinski definition) is 1. The standard InChI is InChI=1S/C24H24N4O3S/c1-14-23(32-15(2)26-14)21(29)19-20(17-7-9-18(10-8-17)27(3)4)28(24(31)22(19)30)13-16-6-5-11-25-12-16/h5-12,20,30H,13H2,1-4H3. The highest BCUT2D eigenvalue weighted by Gasteiger charge is 2.44. The van der Waals surface area contributed by atoms with Crippen LogP contribution in [0, 0.1) is 13.8 Å². The van der Waals surface area contributed by atoms with E-state index in [1.807, 2.05) is 56.3 Å². The van der Waals surface area contributed by atoms with Gasteiger partial charge in [0.2, 0.25) is 5.78 Å². The maximum Gasteiger partial charge on any atom is 0.290 e. The molecule has 0 fully saturated rings. The van der Waals surface area contributed by atoms with Crippen LogP contribution in [0.2, 0.25) is 0 Å². The fraction of sp³-hybridized carbons (Fsp3) is 0.250. The quantitative estimate of drug-likeness (QED) is 0.574. The van der Waals surface area contributed by atoms with E-state index in [1.54, 1.807) is 25.4 Å². The number of aliphatic hydroxyl groups is 1. The number of pyridine rings is 1. The molecule has 7 nitrogen and oxygen atoms in total. The van der Waals surface area contributed by atoms with Crippen molar-refractivity contribution in [1.29, 1.82) is 0 Å². The van der Waals surface area contributed by atoms with Crippen molar-refractivity contribution in [2.75, 3.05) is 19.0 Å². The summed E-state index contributed by atoms with van der Waals surface area (Å²) < 4.78 is 0. The first-order valence-corrected chi connectivity index (χ1v) is 11.0. The predicted octanol–water partition coefficient (Wildman–Crippen LogP) is 4.00. The molecule has 1 unspecified atom stereocenters. The van der Waals surface area contributed by atoms with E-state index in [1.165, 1.54) is 16.2 Å². The van der Waals surface area contributed by atoms with Gasteiger partial charge < -0.3 is 14.9 Å². The summed E-state index contributed by atoms with van der Waals surface area (Å²) in [5.74, 6) is -1.45. The second-order valence-electron chi connectivity index (χ2n) is 7.92. The van der Waals surface area contributed by atoms with Crippen LogP contribution in [-0.4, -0.2) is 45.8 Å². The lowest BCUT2D eigenvalue weighted by Crippen LogP contribution is -2.30. The van der Waals surface area contributed by atoms with Crippen LogP contribution in [0.25, 0.3) is 0 Å². The van der Waals surface area contributed by atoms with Crippen LogP contribution >= 0.6 is 11.3 Å². The highest BCUT2D eigenvalue weighted by molar-refractivity contribution is 7.14. The first kappa shape index (κ1) is 21.7. The number of aromatic nitrogens is 2. The topological polar surface area (TPSA) is 86.6 Å². The molecule has 1 aromatic carbocycles. The summed E-state index contributed by atoms with van der Waals surface area (Å²) in [5.41, 5.74) is 3.23. The molecule has 8 heteroatoms. The lowest BCUT2D eigenvalue weighted by molar-refractivity contribution is -0.130. The van der Waals surface area contributed by atoms with Crippen molar-refractivity contribution in [2.24, 2.45) is 0 Å². The van der Waals surface area contributed by atoms with Crippen LogP contribution in [0.15, 0.2) is 60.1 Å². The van der Waals surface area contributed by atoms with Crippen molar-refractivity contribution in [3.05, 3.63) is 86.8 Å². The summed E-state index contributed by atoms with van der Waals surface area (Å²) in [4.78, 5) is 39.1. The Balaban J connectivity index is 1.81. The summed E-state index contributed by atoms with van der Waals surface area (Å²) in [6.45, 7) is 3.81. The lowest BCUT2D eigenvalue weighted by atomic mass is 9.94. The van der Waals surface area contributed by atoms with Crippen LogP contribution in [0.3, 0.4) is 0 Å². The van der Waals surface area contributed by atoms with Crippen LogP contribution in [-0.2, 0) is 11.3 Å². The van der Waals surface area contributed by atoms with Crippen molar-refractivity contribution >= 4 is 28.7 Å². The second kappa shape index (κ2) is 8.55. The number of aliphatic hydroxyl groups excluding tert-OH is 1. The smallest absolute Gasteiger partial charge is 0.290 e. The number of aryl methyl sites for hydroxylation is 2. The zero-order valence-corrected chi connectivity index (χ0v) is 19.2. The summed E-state index contributed by atoms with van der Waals surface area (Å²) in [6.07, 6.45) is 3.33. The average molecular weight is 449 g/mol. The third-order valence-electron chi connectivity index (χ3n) is 5.46. The molecule has 4 rings (SSSR count). The molecule has 32 heavy (non-hydrogen) atoms. The number of rotatable bonds is 6. The van der Waals surface area contributed by atoms with Crippen molar-refractivity contribution in [3.63, 3.8) is 0 Å². The second-order valence-corrected chi connectivity index (χ2v) is 9.12. The Morgan fingerprint density at radius 1 is 1.19 bits per heavy atom. The van der Waals surface area contributed by atoms with E-state index in [2.05, 4.69) is 9.97 Å². The predicted molar refractivity (Wildman–Crippen MR) is 124 cm³/mol. The van der Waals surface area contributed by atoms with Crippen LogP contribution in [0.4, 0.5) is 5.69 Å². The third-order valence-corrected chi connectivity index (χ3v) is 6.53. The molecular weight excluding hydrogens is 424 g/mol. The van der Waals surface area contributed by atoms with Crippen LogP contribution < -0.4 is 4.90 Å². The summed E-state index contributed by atoms with van der Waals surface area (Å²) >= 11 is 1.27. The first-order valence-electron chi connectivity index (χ1n) is 10.2. The van der Waals surface area contributed by atoms with Gasteiger partial charge in [-0.25, -0.2) is 4.98 Å². The number of carbonyl (C=O) groups excluding carboxylic acids is 2. The van der Waals surface area contributed by atoms with Gasteiger partial charge in [0.25, 0.3) is 5.91 Å². The number of benzene rings is 1. The van der Waals surface area contributed by atoms with Gasteiger partial charge in [-0.15, -0.1) is 11.3 Å². The molecule has 1 aliphatic rings. The van der Waals surface area contributed by atoms with E-state index in [-0.39, 0.29) is 17.9 Å². The Morgan fingerprint density at radius 3 is 2.47 bits per heavy atom. The number of thiazole rings is 1. The monoisotopic (exact) mass is 448 g/mol. The SMILES string of the molecule is Cc1nc(C)c(C(=O)C2=C(O)C(=O)N(Cc3cccnc3)C2c2ccc(N(C)C)cc2)s1. The molecule has 0 spiro atoms. The van der Waals surface area contributed by atoms with Gasteiger partial charge in [0.1, 0.15) is 0 Å². The van der Waals surface area contributed by atoms with Gasteiger partial charge in [0.15, 0.2) is 5.76 Å². The fourth-order valence-corrected chi connectivity index (χ4v) is 4.78. The average Bonchev–Trinajstić information content (AvgIpc) is 3.24. The number of Topliss-reactive ketones (excluding diaryl/α,β-unsaturated/α-hetero) is 1. The molecule has 3 aromatic rings. The highest BCUT2D eigenvalue weighted by Crippen LogP contribution is 2.41. The summed E-state index contributed by atoms with van der Waals surface area (Å²) in [6, 6.07) is 10.6. The molecule has 0 saturated carbocycles. The van der Waals surface area contributed by atoms with Gasteiger partial charge in [0, 0.05) is 38.7 Å². The number of ketones is 1. The Kier molecular flexibility index (Phi) is 5.80. The molecule has 3 heterocycles. The Morgan fingerprint density at radius 2 is 1.91 bits per heavy atom. The van der Waals surface area contributed by atoms with Crippen molar-refractivity contribution in [3.8, 4) is 0 Å². The maximum atomic E-state index is 13.5. The van der Waals surface area contributed by atoms with E-state index in [0.29, 0.717) is 10.6 Å². The minimum Gasteiger partial charge on any atom is -0.503 e. The van der Waals surface area contributed by atoms with E-state index in [4.69, 9.17) is 0 Å². The van der Waals surface area contributed by atoms with Crippen molar-refractivity contribution < 1.29 is 14.7 Å². The summed E-state index contributed by atoms with van der Waals surface area (Å²) in [5, 5.41) is 11.6. The van der Waals surface area contributed by atoms with E-state index < -0.39 is 17.7 Å². The normalized spacial score (nSPS) is 16.1. The molecule has 0 bridgehead atoms. The highest BCUT2D eigenvalue weighted by atomic mass is 32.1. The Bertz CT molecular complexity index is 1200. The molecule has 1 amide bonds. The number of carbonyl (C=O) groups is 2. The van der Waals surface area contributed by atoms with E-state index >= 15 is 0 Å². The molecule has 0 aliphatic carbocycles. The zero-order chi connectivity index (χ0) is 23.0. The minimum atomic E-state index is -0.715. The zero-order valence-electron chi connectivity index (χ0n) is 18.4. The Labute approximate surface area is 190 Å². The Hall–Kier alpha value is -3.52. The number of hydrogen-bond acceptors (Lipinski definition) is 7. The van der Waals surface area contributed by atoms with Crippen LogP contribution in [0.5, 0.6) is 0 Å². The third kappa shape index (κ3) is 3.89. The number of anilines is 1. The minimum absolute atomic E-state index is 0.0863. The van der Waals surface area contributed by atoms with Gasteiger partial charge in [-0.2, -0.15) is 0 Å². The van der Waals surface area contributed by atoms with Crippen LogP contribution in [0.1, 0.15) is 37.5 Å². The molecule has 164 valence electrons. The molecular formula is C24H24N4O3S. The van der Waals surface area contributed by atoms with E-state index in [9.17, 15) is 14.7 Å². The number of nitrogens with zero attached hydrogens (tertiary/aromatic N) is 4. The van der Waals surface area contributed by atoms with Gasteiger partial charge in [-0.05, 0) is 43.2 Å². The van der Waals surface area contributed by atoms with Crippen molar-refractivity contribution in [1.82, 2.24) is 14.9 Å². The van der Waals surface area contributed by atoms with E-state index in [0.717, 1.165) is 21.8 Å². The molecule has 1 aliphatic heterocycles. The van der Waals surface area contributed by atoms with Gasteiger partial charge in [0.05, 0.1) is 27.2 Å². The first-order chi connectivity index (χ1) is 15.3. The molecule has 0 saturated heterocycles. The maximum absolute atomic E-state index is 13.5. The van der Waals surface area contributed by atoms with Gasteiger partial charge >= 0.3 is 0 Å². The lowest BCUT2D eigenvalue weighted by Gasteiger charge is -2.27. The molecule has 2 aromatic heterocycles. The molecule has 1 atom stereocenters. The number of amides is 1. The van der Waals surface area contributed by atoms with Crippen molar-refractivity contribution in [2.45, 2.75) is 26.4 Å². The molecule has 0 radical (unpaired) electrons. The van der Waals surface area contributed by atoms with Gasteiger partial charge in [-0.1, -0.05) is 18.2 Å². The largest absolute Gasteiger partial charge is 0.503 e. The molecule has 1 N–H and O–H groups in total.